The van der Waals surface area contributed by atoms with Crippen LogP contribution in [0.5, 0.6) is 0 Å². The monoisotopic (exact) mass is 313 g/mol. The van der Waals surface area contributed by atoms with Gasteiger partial charge in [0.2, 0.25) is 0 Å². The van der Waals surface area contributed by atoms with E-state index in [4.69, 9.17) is 0 Å². The summed E-state index contributed by atoms with van der Waals surface area (Å²) >= 11 is 1.69. The van der Waals surface area contributed by atoms with E-state index in [1.54, 1.807) is 11.8 Å². The van der Waals surface area contributed by atoms with E-state index in [0.29, 0.717) is 11.5 Å². The first-order valence-corrected chi connectivity index (χ1v) is 9.65. The van der Waals surface area contributed by atoms with Gasteiger partial charge in [-0.2, -0.15) is 0 Å². The van der Waals surface area contributed by atoms with Gasteiger partial charge in [-0.3, -0.25) is 0 Å². The first kappa shape index (κ1) is 15.9. The number of sulfone groups is 1. The van der Waals surface area contributed by atoms with Crippen LogP contribution in [0.2, 0.25) is 0 Å². The van der Waals surface area contributed by atoms with E-state index in [1.807, 2.05) is 6.07 Å². The Kier molecular flexibility index (Phi) is 4.82. The predicted octanol–water partition coefficient (Wildman–Crippen LogP) is 2.85. The average molecular weight is 313 g/mol. The molecule has 2 rings (SSSR count). The summed E-state index contributed by atoms with van der Waals surface area (Å²) in [7, 11) is -2.79. The molecule has 0 saturated carbocycles. The lowest BCUT2D eigenvalue weighted by atomic mass is 10.1. The third-order valence-electron chi connectivity index (χ3n) is 3.21. The van der Waals surface area contributed by atoms with E-state index >= 15 is 0 Å². The van der Waals surface area contributed by atoms with Crippen molar-refractivity contribution in [1.29, 1.82) is 0 Å². The van der Waals surface area contributed by atoms with Crippen molar-refractivity contribution in [2.45, 2.75) is 49.4 Å². The maximum absolute atomic E-state index is 11.5. The van der Waals surface area contributed by atoms with Gasteiger partial charge in [0.05, 0.1) is 11.5 Å². The maximum Gasteiger partial charge on any atom is 0.151 e. The van der Waals surface area contributed by atoms with Gasteiger partial charge in [0, 0.05) is 22.2 Å². The number of nitrogens with one attached hydrogen (secondary N) is 1. The molecule has 1 fully saturated rings. The van der Waals surface area contributed by atoms with Crippen LogP contribution in [0, 0.1) is 0 Å². The van der Waals surface area contributed by atoms with Crippen molar-refractivity contribution < 1.29 is 8.42 Å². The van der Waals surface area contributed by atoms with Crippen molar-refractivity contribution in [1.82, 2.24) is 5.32 Å². The van der Waals surface area contributed by atoms with Crippen molar-refractivity contribution in [2.24, 2.45) is 0 Å². The standard InChI is InChI=1S/C15H23NO2S2/c1-15(2,3)16-10-12-5-4-6-13(9-12)19-14-7-8-20(17,18)11-14/h4-6,9,14,16H,7-8,10-11H2,1-3H3. The Morgan fingerprint density at radius 2 is 2.10 bits per heavy atom. The summed E-state index contributed by atoms with van der Waals surface area (Å²) in [5.74, 6) is 0.665. The molecule has 1 heterocycles. The molecule has 1 N–H and O–H groups in total. The van der Waals surface area contributed by atoms with Crippen LogP contribution < -0.4 is 5.32 Å². The highest BCUT2D eigenvalue weighted by atomic mass is 32.2. The maximum atomic E-state index is 11.5. The van der Waals surface area contributed by atoms with Crippen LogP contribution in [0.4, 0.5) is 0 Å². The summed E-state index contributed by atoms with van der Waals surface area (Å²) in [5.41, 5.74) is 1.34. The average Bonchev–Trinajstić information content (AvgIpc) is 2.66. The van der Waals surface area contributed by atoms with E-state index in [0.717, 1.165) is 13.0 Å². The quantitative estimate of drug-likeness (QED) is 0.928. The SMILES string of the molecule is CC(C)(C)NCc1cccc(SC2CCS(=O)(=O)C2)c1. The first-order chi connectivity index (χ1) is 9.23. The van der Waals surface area contributed by atoms with Crippen molar-refractivity contribution in [3.8, 4) is 0 Å². The number of hydrogen-bond acceptors (Lipinski definition) is 4. The lowest BCUT2D eigenvalue weighted by Gasteiger charge is -2.20. The molecule has 3 nitrogen and oxygen atoms in total. The summed E-state index contributed by atoms with van der Waals surface area (Å²) in [4.78, 5) is 1.17. The third kappa shape index (κ3) is 5.11. The van der Waals surface area contributed by atoms with E-state index in [2.05, 4.69) is 44.3 Å². The van der Waals surface area contributed by atoms with E-state index < -0.39 is 9.84 Å². The zero-order valence-corrected chi connectivity index (χ0v) is 14.0. The normalized spacial score (nSPS) is 22.1. The molecule has 1 aliphatic heterocycles. The number of hydrogen-bond donors (Lipinski definition) is 1. The summed E-state index contributed by atoms with van der Waals surface area (Å²) in [6.45, 7) is 7.28. The van der Waals surface area contributed by atoms with E-state index in [9.17, 15) is 8.42 Å². The number of rotatable bonds is 4. The molecule has 1 atom stereocenters. The van der Waals surface area contributed by atoms with E-state index in [1.165, 1.54) is 10.5 Å². The Labute approximate surface area is 126 Å². The Balaban J connectivity index is 1.96. The summed E-state index contributed by atoms with van der Waals surface area (Å²) in [5, 5.41) is 3.68. The van der Waals surface area contributed by atoms with Crippen LogP contribution in [0.3, 0.4) is 0 Å². The molecule has 5 heteroatoms. The second kappa shape index (κ2) is 6.08. The molecular formula is C15H23NO2S2. The molecule has 0 aliphatic carbocycles. The summed E-state index contributed by atoms with van der Waals surface area (Å²) < 4.78 is 23.0. The molecule has 0 spiro atoms. The molecule has 0 amide bonds. The van der Waals surface area contributed by atoms with Crippen molar-refractivity contribution in [2.75, 3.05) is 11.5 Å². The fraction of sp³-hybridized carbons (Fsp3) is 0.600. The van der Waals surface area contributed by atoms with Crippen LogP contribution in [0.1, 0.15) is 32.8 Å². The Bertz CT molecular complexity index is 561. The molecule has 112 valence electrons. The smallest absolute Gasteiger partial charge is 0.151 e. The van der Waals surface area contributed by atoms with Crippen molar-refractivity contribution in [3.05, 3.63) is 29.8 Å². The van der Waals surface area contributed by atoms with Gasteiger partial charge in [-0.15, -0.1) is 11.8 Å². The van der Waals surface area contributed by atoms with Crippen molar-refractivity contribution in [3.63, 3.8) is 0 Å². The number of benzene rings is 1. The van der Waals surface area contributed by atoms with Gasteiger partial charge in [-0.05, 0) is 44.9 Å². The number of thioether (sulfide) groups is 1. The fourth-order valence-corrected chi connectivity index (χ4v) is 5.73. The molecule has 1 saturated heterocycles. The summed E-state index contributed by atoms with van der Waals surface area (Å²) in [6, 6.07) is 8.38. The predicted molar refractivity (Wildman–Crippen MR) is 86.0 cm³/mol. The molecule has 1 aliphatic rings. The van der Waals surface area contributed by atoms with Gasteiger partial charge in [-0.25, -0.2) is 8.42 Å². The molecule has 0 aromatic heterocycles. The van der Waals surface area contributed by atoms with Gasteiger partial charge in [0.15, 0.2) is 9.84 Å². The molecular weight excluding hydrogens is 290 g/mol. The molecule has 1 aromatic rings. The second-order valence-corrected chi connectivity index (χ2v) is 10.00. The van der Waals surface area contributed by atoms with Gasteiger partial charge >= 0.3 is 0 Å². The molecule has 0 bridgehead atoms. The van der Waals surface area contributed by atoms with E-state index in [-0.39, 0.29) is 10.8 Å². The first-order valence-electron chi connectivity index (χ1n) is 6.95. The van der Waals surface area contributed by atoms with Crippen LogP contribution >= 0.6 is 11.8 Å². The molecule has 0 radical (unpaired) electrons. The van der Waals surface area contributed by atoms with Crippen molar-refractivity contribution >= 4 is 21.6 Å². The highest BCUT2D eigenvalue weighted by molar-refractivity contribution is 8.01. The Morgan fingerprint density at radius 1 is 1.35 bits per heavy atom. The topological polar surface area (TPSA) is 46.2 Å². The molecule has 1 unspecified atom stereocenters. The Hall–Kier alpha value is -0.520. The zero-order chi connectivity index (χ0) is 14.8. The van der Waals surface area contributed by atoms with Gasteiger partial charge < -0.3 is 5.32 Å². The zero-order valence-electron chi connectivity index (χ0n) is 12.3. The molecule has 20 heavy (non-hydrogen) atoms. The highest BCUT2D eigenvalue weighted by Gasteiger charge is 2.28. The van der Waals surface area contributed by atoms with Crippen LogP contribution in [-0.4, -0.2) is 30.7 Å². The molecule has 1 aromatic carbocycles. The largest absolute Gasteiger partial charge is 0.308 e. The van der Waals surface area contributed by atoms with Gasteiger partial charge in [0.25, 0.3) is 0 Å². The van der Waals surface area contributed by atoms with Gasteiger partial charge in [0.1, 0.15) is 0 Å². The minimum Gasteiger partial charge on any atom is -0.308 e. The minimum atomic E-state index is -2.79. The highest BCUT2D eigenvalue weighted by Crippen LogP contribution is 2.31. The van der Waals surface area contributed by atoms with Crippen LogP contribution in [0.15, 0.2) is 29.2 Å². The fourth-order valence-electron chi connectivity index (χ4n) is 2.14. The minimum absolute atomic E-state index is 0.0999. The summed E-state index contributed by atoms with van der Waals surface area (Å²) in [6.07, 6.45) is 0.775. The second-order valence-electron chi connectivity index (χ2n) is 6.39. The van der Waals surface area contributed by atoms with Crippen LogP contribution in [-0.2, 0) is 16.4 Å². The van der Waals surface area contributed by atoms with Gasteiger partial charge in [-0.1, -0.05) is 12.1 Å². The lowest BCUT2D eigenvalue weighted by Crippen LogP contribution is -2.35. The van der Waals surface area contributed by atoms with Crippen LogP contribution in [0.25, 0.3) is 0 Å². The Morgan fingerprint density at radius 3 is 2.70 bits per heavy atom. The third-order valence-corrected chi connectivity index (χ3v) is 6.46. The lowest BCUT2D eigenvalue weighted by molar-refractivity contribution is 0.424.